The van der Waals surface area contributed by atoms with Gasteiger partial charge in [0.05, 0.1) is 18.8 Å². The molecule has 2 unspecified atom stereocenters. The molecular weight excluding hydrogens is 240 g/mol. The average Bonchev–Trinajstić information content (AvgIpc) is 2.89. The molecule has 5 heteroatoms. The number of rotatable bonds is 6. The van der Waals surface area contributed by atoms with Gasteiger partial charge in [0.2, 0.25) is 0 Å². The van der Waals surface area contributed by atoms with Crippen molar-refractivity contribution in [2.75, 3.05) is 33.3 Å². The summed E-state index contributed by atoms with van der Waals surface area (Å²) in [5.74, 6) is 1.08. The van der Waals surface area contributed by atoms with Gasteiger partial charge in [-0.25, -0.2) is 4.98 Å². The van der Waals surface area contributed by atoms with Crippen molar-refractivity contribution in [3.63, 3.8) is 0 Å². The van der Waals surface area contributed by atoms with Crippen LogP contribution in [0.3, 0.4) is 0 Å². The smallest absolute Gasteiger partial charge is 0.128 e. The second kappa shape index (κ2) is 7.03. The number of hydrogen-bond acceptors (Lipinski definition) is 4. The summed E-state index contributed by atoms with van der Waals surface area (Å²) in [5, 5.41) is 3.38. The predicted octanol–water partition coefficient (Wildman–Crippen LogP) is 1.27. The van der Waals surface area contributed by atoms with E-state index in [2.05, 4.69) is 33.6 Å². The Morgan fingerprint density at radius 2 is 2.37 bits per heavy atom. The summed E-state index contributed by atoms with van der Waals surface area (Å²) in [6.07, 6.45) is 5.28. The molecule has 0 spiro atoms. The van der Waals surface area contributed by atoms with E-state index in [-0.39, 0.29) is 12.1 Å². The highest BCUT2D eigenvalue weighted by atomic mass is 16.5. The molecule has 19 heavy (non-hydrogen) atoms. The standard InChI is InChI=1S/C14H26N4O/c1-4-7-17-9-10-19-12(11-17)13(15-3)14-16-6-8-18(14)5-2/h6,8,12-13,15H,4-5,7,9-11H2,1-3H3. The summed E-state index contributed by atoms with van der Waals surface area (Å²) in [6.45, 7) is 9.30. The molecule has 0 amide bonds. The van der Waals surface area contributed by atoms with Gasteiger partial charge in [0.25, 0.3) is 0 Å². The molecule has 0 saturated carbocycles. The van der Waals surface area contributed by atoms with E-state index < -0.39 is 0 Å². The van der Waals surface area contributed by atoms with Crippen molar-refractivity contribution in [3.8, 4) is 0 Å². The molecule has 1 aromatic heterocycles. The summed E-state index contributed by atoms with van der Waals surface area (Å²) >= 11 is 0. The van der Waals surface area contributed by atoms with Crippen LogP contribution in [0.25, 0.3) is 0 Å². The molecule has 2 rings (SSSR count). The second-order valence-electron chi connectivity index (χ2n) is 5.05. The monoisotopic (exact) mass is 266 g/mol. The van der Waals surface area contributed by atoms with Gasteiger partial charge in [0.1, 0.15) is 5.82 Å². The molecule has 2 atom stereocenters. The van der Waals surface area contributed by atoms with Gasteiger partial charge in [-0.15, -0.1) is 0 Å². The SMILES string of the molecule is CCCN1CCOC(C(NC)c2nccn2CC)C1. The summed E-state index contributed by atoms with van der Waals surface area (Å²) in [4.78, 5) is 6.99. The molecule has 1 fully saturated rings. The van der Waals surface area contributed by atoms with E-state index in [1.165, 1.54) is 6.42 Å². The van der Waals surface area contributed by atoms with Crippen LogP contribution in [0.1, 0.15) is 32.1 Å². The molecular formula is C14H26N4O. The molecule has 1 N–H and O–H groups in total. The van der Waals surface area contributed by atoms with Gasteiger partial charge in [0, 0.05) is 32.0 Å². The maximum atomic E-state index is 5.97. The van der Waals surface area contributed by atoms with Crippen molar-refractivity contribution in [1.82, 2.24) is 19.8 Å². The predicted molar refractivity (Wildman–Crippen MR) is 76.2 cm³/mol. The maximum absolute atomic E-state index is 5.97. The minimum absolute atomic E-state index is 0.162. The average molecular weight is 266 g/mol. The van der Waals surface area contributed by atoms with E-state index in [9.17, 15) is 0 Å². The largest absolute Gasteiger partial charge is 0.373 e. The van der Waals surface area contributed by atoms with Gasteiger partial charge in [-0.1, -0.05) is 6.92 Å². The summed E-state index contributed by atoms with van der Waals surface area (Å²) in [5.41, 5.74) is 0. The summed E-state index contributed by atoms with van der Waals surface area (Å²) in [6, 6.07) is 0.162. The second-order valence-corrected chi connectivity index (χ2v) is 5.05. The van der Waals surface area contributed by atoms with Gasteiger partial charge < -0.3 is 14.6 Å². The third kappa shape index (κ3) is 3.35. The molecule has 5 nitrogen and oxygen atoms in total. The Hall–Kier alpha value is -0.910. The zero-order valence-corrected chi connectivity index (χ0v) is 12.3. The number of aromatic nitrogens is 2. The lowest BCUT2D eigenvalue weighted by Gasteiger charge is -2.36. The van der Waals surface area contributed by atoms with Gasteiger partial charge >= 0.3 is 0 Å². The molecule has 2 heterocycles. The highest BCUT2D eigenvalue weighted by molar-refractivity contribution is 5.03. The van der Waals surface area contributed by atoms with E-state index >= 15 is 0 Å². The quantitative estimate of drug-likeness (QED) is 0.842. The lowest BCUT2D eigenvalue weighted by atomic mass is 10.1. The van der Waals surface area contributed by atoms with Gasteiger partial charge in [-0.3, -0.25) is 4.90 Å². The molecule has 0 aliphatic carbocycles. The van der Waals surface area contributed by atoms with E-state index in [0.29, 0.717) is 0 Å². The minimum Gasteiger partial charge on any atom is -0.373 e. The zero-order chi connectivity index (χ0) is 13.7. The fraction of sp³-hybridized carbons (Fsp3) is 0.786. The maximum Gasteiger partial charge on any atom is 0.128 e. The minimum atomic E-state index is 0.162. The molecule has 0 aromatic carbocycles. The Bertz CT molecular complexity index is 377. The van der Waals surface area contributed by atoms with E-state index in [1.54, 1.807) is 0 Å². The number of ether oxygens (including phenoxy) is 1. The van der Waals surface area contributed by atoms with Crippen LogP contribution in [0.15, 0.2) is 12.4 Å². The number of imidazole rings is 1. The van der Waals surface area contributed by atoms with Gasteiger partial charge in [0.15, 0.2) is 0 Å². The normalized spacial score (nSPS) is 22.6. The third-order valence-corrected chi connectivity index (χ3v) is 3.77. The third-order valence-electron chi connectivity index (χ3n) is 3.77. The first kappa shape index (κ1) is 14.5. The number of aryl methyl sites for hydroxylation is 1. The number of nitrogens with zero attached hydrogens (tertiary/aromatic N) is 3. The lowest BCUT2D eigenvalue weighted by Crippen LogP contribution is -2.48. The molecule has 0 bridgehead atoms. The van der Waals surface area contributed by atoms with Crippen molar-refractivity contribution in [1.29, 1.82) is 0 Å². The van der Waals surface area contributed by atoms with Crippen LogP contribution in [0.5, 0.6) is 0 Å². The zero-order valence-electron chi connectivity index (χ0n) is 12.3. The van der Waals surface area contributed by atoms with Crippen LogP contribution in [0.4, 0.5) is 0 Å². The Labute approximate surface area is 116 Å². The Kier molecular flexibility index (Phi) is 5.36. The highest BCUT2D eigenvalue weighted by Gasteiger charge is 2.30. The van der Waals surface area contributed by atoms with Crippen LogP contribution in [-0.2, 0) is 11.3 Å². The Balaban J connectivity index is 2.08. The highest BCUT2D eigenvalue weighted by Crippen LogP contribution is 2.21. The van der Waals surface area contributed by atoms with Gasteiger partial charge in [-0.05, 0) is 26.9 Å². The molecule has 1 saturated heterocycles. The van der Waals surface area contributed by atoms with E-state index in [1.807, 2.05) is 19.4 Å². The number of nitrogens with one attached hydrogen (secondary N) is 1. The van der Waals surface area contributed by atoms with Crippen LogP contribution in [0, 0.1) is 0 Å². The topological polar surface area (TPSA) is 42.3 Å². The van der Waals surface area contributed by atoms with Crippen LogP contribution >= 0.6 is 0 Å². The van der Waals surface area contributed by atoms with Crippen molar-refractivity contribution in [2.24, 2.45) is 0 Å². The van der Waals surface area contributed by atoms with Crippen molar-refractivity contribution in [3.05, 3.63) is 18.2 Å². The summed E-state index contributed by atoms with van der Waals surface area (Å²) in [7, 11) is 1.99. The van der Waals surface area contributed by atoms with E-state index in [0.717, 1.165) is 38.6 Å². The number of hydrogen-bond donors (Lipinski definition) is 1. The van der Waals surface area contributed by atoms with Crippen molar-refractivity contribution >= 4 is 0 Å². The first-order valence-corrected chi connectivity index (χ1v) is 7.32. The fourth-order valence-electron chi connectivity index (χ4n) is 2.80. The van der Waals surface area contributed by atoms with Crippen molar-refractivity contribution < 1.29 is 4.74 Å². The molecule has 1 aromatic rings. The summed E-state index contributed by atoms with van der Waals surface area (Å²) < 4.78 is 8.16. The van der Waals surface area contributed by atoms with Gasteiger partial charge in [-0.2, -0.15) is 0 Å². The molecule has 0 radical (unpaired) electrons. The Morgan fingerprint density at radius 1 is 1.53 bits per heavy atom. The number of likely N-dealkylation sites (N-methyl/N-ethyl adjacent to an activating group) is 1. The molecule has 1 aliphatic rings. The lowest BCUT2D eigenvalue weighted by molar-refractivity contribution is -0.0477. The first-order valence-electron chi connectivity index (χ1n) is 7.32. The van der Waals surface area contributed by atoms with Crippen LogP contribution in [-0.4, -0.2) is 53.8 Å². The van der Waals surface area contributed by atoms with Crippen LogP contribution in [0.2, 0.25) is 0 Å². The van der Waals surface area contributed by atoms with E-state index in [4.69, 9.17) is 4.74 Å². The molecule has 108 valence electrons. The van der Waals surface area contributed by atoms with Crippen molar-refractivity contribution in [2.45, 2.75) is 39.0 Å². The Morgan fingerprint density at radius 3 is 3.05 bits per heavy atom. The number of morpholine rings is 1. The van der Waals surface area contributed by atoms with Crippen LogP contribution < -0.4 is 5.32 Å². The molecule has 1 aliphatic heterocycles. The fourth-order valence-corrected chi connectivity index (χ4v) is 2.80. The first-order chi connectivity index (χ1) is 9.30.